The maximum absolute atomic E-state index is 11.8. The van der Waals surface area contributed by atoms with Crippen molar-refractivity contribution < 1.29 is 18.3 Å². The van der Waals surface area contributed by atoms with E-state index in [1.165, 1.54) is 12.7 Å². The van der Waals surface area contributed by atoms with Crippen LogP contribution in [0.1, 0.15) is 30.3 Å². The number of rotatable bonds is 7. The molecule has 35 heavy (non-hydrogen) atoms. The first-order valence-corrected chi connectivity index (χ1v) is 14.2. The number of benzene rings is 2. The lowest BCUT2D eigenvalue weighted by atomic mass is 9.95. The standard InChI is InChI=1S/C26H34N4O4S/c1-19-8-9-21-22(30(19)26(31)34-2)10-11-23-25(21)27-24(18-20-6-4-3-5-7-20)29(23)13-12-28-14-16-35(32,33)17-15-28/h3-7,10-11,19,26,31H,8-9,12-18H2,1-2H3/t19-,26?/m0/s1. The molecule has 188 valence electrons. The van der Waals surface area contributed by atoms with Crippen molar-refractivity contribution in [2.24, 2.45) is 0 Å². The monoisotopic (exact) mass is 498 g/mol. The topological polar surface area (TPSA) is 87.9 Å². The van der Waals surface area contributed by atoms with Crippen LogP contribution in [0, 0.1) is 0 Å². The van der Waals surface area contributed by atoms with Crippen molar-refractivity contribution >= 4 is 26.6 Å². The van der Waals surface area contributed by atoms with Crippen LogP contribution in [0.15, 0.2) is 42.5 Å². The minimum absolute atomic E-state index is 0.163. The molecule has 1 fully saturated rings. The Bertz CT molecular complexity index is 1280. The van der Waals surface area contributed by atoms with E-state index in [9.17, 15) is 13.5 Å². The summed E-state index contributed by atoms with van der Waals surface area (Å²) in [5, 5.41) is 10.5. The molecule has 2 atom stereocenters. The zero-order chi connectivity index (χ0) is 24.6. The largest absolute Gasteiger partial charge is 0.351 e. The highest BCUT2D eigenvalue weighted by Gasteiger charge is 2.31. The van der Waals surface area contributed by atoms with Gasteiger partial charge in [-0.15, -0.1) is 0 Å². The summed E-state index contributed by atoms with van der Waals surface area (Å²) in [6.07, 6.45) is 1.53. The fraction of sp³-hybridized carbons (Fsp3) is 0.500. The van der Waals surface area contributed by atoms with E-state index in [0.29, 0.717) is 13.1 Å². The van der Waals surface area contributed by atoms with Gasteiger partial charge in [0.2, 0.25) is 6.41 Å². The van der Waals surface area contributed by atoms with Crippen LogP contribution < -0.4 is 4.90 Å². The van der Waals surface area contributed by atoms with Gasteiger partial charge in [0.25, 0.3) is 0 Å². The second kappa shape index (κ2) is 9.89. The highest BCUT2D eigenvalue weighted by atomic mass is 32.2. The molecule has 1 N–H and O–H groups in total. The number of hydrogen-bond donors (Lipinski definition) is 1. The molecule has 1 unspecified atom stereocenters. The number of methoxy groups -OCH3 is 1. The van der Waals surface area contributed by atoms with Crippen molar-refractivity contribution in [2.75, 3.05) is 43.1 Å². The van der Waals surface area contributed by atoms with Crippen molar-refractivity contribution in [3.05, 3.63) is 59.4 Å². The molecular weight excluding hydrogens is 464 g/mol. The average molecular weight is 499 g/mol. The fourth-order valence-electron chi connectivity index (χ4n) is 5.33. The molecule has 2 aliphatic heterocycles. The van der Waals surface area contributed by atoms with Gasteiger partial charge < -0.3 is 19.3 Å². The Labute approximate surface area is 207 Å². The Morgan fingerprint density at radius 2 is 1.86 bits per heavy atom. The van der Waals surface area contributed by atoms with Crippen LogP contribution in [0.4, 0.5) is 5.69 Å². The molecule has 0 amide bonds. The molecule has 1 saturated heterocycles. The van der Waals surface area contributed by atoms with Crippen LogP contribution in [-0.2, 0) is 34.0 Å². The van der Waals surface area contributed by atoms with Crippen molar-refractivity contribution in [1.29, 1.82) is 0 Å². The van der Waals surface area contributed by atoms with Gasteiger partial charge in [0.05, 0.1) is 22.5 Å². The van der Waals surface area contributed by atoms with E-state index in [1.54, 1.807) is 0 Å². The number of anilines is 1. The lowest BCUT2D eigenvalue weighted by molar-refractivity contribution is -0.0794. The van der Waals surface area contributed by atoms with E-state index in [0.717, 1.165) is 60.5 Å². The molecule has 0 radical (unpaired) electrons. The summed E-state index contributed by atoms with van der Waals surface area (Å²) in [6.45, 7) is 4.80. The van der Waals surface area contributed by atoms with Crippen LogP contribution in [0.3, 0.4) is 0 Å². The number of aromatic nitrogens is 2. The maximum Gasteiger partial charge on any atom is 0.237 e. The summed E-state index contributed by atoms with van der Waals surface area (Å²) in [6, 6.07) is 14.7. The number of hydrogen-bond acceptors (Lipinski definition) is 7. The molecule has 0 spiro atoms. The predicted molar refractivity (Wildman–Crippen MR) is 137 cm³/mol. The quantitative estimate of drug-likeness (QED) is 0.501. The maximum atomic E-state index is 11.8. The van der Waals surface area contributed by atoms with Crippen molar-refractivity contribution in [2.45, 2.75) is 45.2 Å². The van der Waals surface area contributed by atoms with Gasteiger partial charge in [0.15, 0.2) is 9.84 Å². The Hall–Kier alpha value is -2.46. The number of aliphatic hydroxyl groups is 1. The average Bonchev–Trinajstić information content (AvgIpc) is 3.20. The summed E-state index contributed by atoms with van der Waals surface area (Å²) in [4.78, 5) is 9.32. The minimum Gasteiger partial charge on any atom is -0.351 e. The Morgan fingerprint density at radius 1 is 1.11 bits per heavy atom. The summed E-state index contributed by atoms with van der Waals surface area (Å²) in [7, 11) is -1.38. The van der Waals surface area contributed by atoms with Gasteiger partial charge in [-0.1, -0.05) is 30.3 Å². The van der Waals surface area contributed by atoms with Crippen molar-refractivity contribution in [1.82, 2.24) is 14.5 Å². The molecule has 2 aliphatic rings. The van der Waals surface area contributed by atoms with Gasteiger partial charge in [-0.25, -0.2) is 13.4 Å². The highest BCUT2D eigenvalue weighted by Crippen LogP contribution is 2.37. The molecule has 0 aliphatic carbocycles. The zero-order valence-corrected chi connectivity index (χ0v) is 21.2. The van der Waals surface area contributed by atoms with E-state index in [-0.39, 0.29) is 17.5 Å². The third-order valence-electron chi connectivity index (χ3n) is 7.38. The molecule has 5 rings (SSSR count). The van der Waals surface area contributed by atoms with E-state index < -0.39 is 16.3 Å². The van der Waals surface area contributed by atoms with Gasteiger partial charge in [0, 0.05) is 57.0 Å². The number of ether oxygens (including phenoxy) is 1. The zero-order valence-electron chi connectivity index (χ0n) is 20.4. The van der Waals surface area contributed by atoms with Crippen LogP contribution in [0.5, 0.6) is 0 Å². The summed E-state index contributed by atoms with van der Waals surface area (Å²) in [5.41, 5.74) is 5.39. The van der Waals surface area contributed by atoms with Crippen LogP contribution in [0.25, 0.3) is 11.0 Å². The van der Waals surface area contributed by atoms with E-state index in [4.69, 9.17) is 9.72 Å². The molecule has 1 aromatic heterocycles. The second-order valence-corrected chi connectivity index (χ2v) is 11.9. The third-order valence-corrected chi connectivity index (χ3v) is 8.98. The highest BCUT2D eigenvalue weighted by molar-refractivity contribution is 7.91. The molecule has 0 saturated carbocycles. The number of sulfone groups is 1. The van der Waals surface area contributed by atoms with E-state index in [2.05, 4.69) is 40.7 Å². The minimum atomic E-state index is -2.90. The molecule has 8 nitrogen and oxygen atoms in total. The van der Waals surface area contributed by atoms with Crippen LogP contribution in [-0.4, -0.2) is 78.7 Å². The van der Waals surface area contributed by atoms with Gasteiger partial charge in [0.1, 0.15) is 5.82 Å². The lowest BCUT2D eigenvalue weighted by Gasteiger charge is -2.39. The first-order chi connectivity index (χ1) is 16.9. The third kappa shape index (κ3) is 4.95. The Morgan fingerprint density at radius 3 is 2.57 bits per heavy atom. The van der Waals surface area contributed by atoms with Gasteiger partial charge in [-0.05, 0) is 37.5 Å². The van der Waals surface area contributed by atoms with Crippen LogP contribution in [0.2, 0.25) is 0 Å². The SMILES string of the molecule is COC(O)N1c2ccc3c(nc(Cc4ccccc4)n3CCN3CCS(=O)(=O)CC3)c2CC[C@@H]1C. The van der Waals surface area contributed by atoms with Crippen molar-refractivity contribution in [3.63, 3.8) is 0 Å². The number of aliphatic hydroxyl groups excluding tert-OH is 1. The number of imidazole rings is 1. The molecule has 3 heterocycles. The summed E-state index contributed by atoms with van der Waals surface area (Å²) >= 11 is 0. The normalized spacial score (nSPS) is 21.2. The van der Waals surface area contributed by atoms with E-state index in [1.807, 2.05) is 23.1 Å². The van der Waals surface area contributed by atoms with Gasteiger partial charge in [-0.2, -0.15) is 0 Å². The fourth-order valence-corrected chi connectivity index (χ4v) is 6.61. The van der Waals surface area contributed by atoms with Gasteiger partial charge >= 0.3 is 0 Å². The smallest absolute Gasteiger partial charge is 0.237 e. The molecule has 3 aromatic rings. The Balaban J connectivity index is 1.51. The lowest BCUT2D eigenvalue weighted by Crippen LogP contribution is -2.45. The predicted octanol–water partition coefficient (Wildman–Crippen LogP) is 2.42. The number of aryl methyl sites for hydroxylation is 1. The first-order valence-electron chi connectivity index (χ1n) is 12.3. The summed E-state index contributed by atoms with van der Waals surface area (Å²) < 4.78 is 31.2. The number of fused-ring (bicyclic) bond motifs is 3. The number of nitrogens with zero attached hydrogens (tertiary/aromatic N) is 4. The molecular formula is C26H34N4O4S. The van der Waals surface area contributed by atoms with E-state index >= 15 is 0 Å². The molecule has 0 bridgehead atoms. The Kier molecular flexibility index (Phi) is 6.85. The summed E-state index contributed by atoms with van der Waals surface area (Å²) in [5.74, 6) is 1.47. The van der Waals surface area contributed by atoms with Crippen molar-refractivity contribution in [3.8, 4) is 0 Å². The molecule has 9 heteroatoms. The first kappa shape index (κ1) is 24.2. The second-order valence-electron chi connectivity index (χ2n) is 9.62. The molecule has 2 aromatic carbocycles. The van der Waals surface area contributed by atoms with Crippen LogP contribution >= 0.6 is 0 Å². The van der Waals surface area contributed by atoms with Gasteiger partial charge in [-0.3, -0.25) is 4.90 Å².